The van der Waals surface area contributed by atoms with Gasteiger partial charge in [0.1, 0.15) is 0 Å². The van der Waals surface area contributed by atoms with Crippen LogP contribution < -0.4 is 5.32 Å². The largest absolute Gasteiger partial charge is 0.312 e. The second-order valence-corrected chi connectivity index (χ2v) is 7.02. The van der Waals surface area contributed by atoms with E-state index in [4.69, 9.17) is 0 Å². The van der Waals surface area contributed by atoms with E-state index in [2.05, 4.69) is 19.2 Å². The number of rotatable bonds is 12. The van der Waals surface area contributed by atoms with Gasteiger partial charge in [0.25, 0.3) is 0 Å². The molecule has 1 aliphatic rings. The first-order valence-corrected chi connectivity index (χ1v) is 9.59. The highest BCUT2D eigenvalue weighted by molar-refractivity contribution is 4.77. The first kappa shape index (κ1) is 18.0. The van der Waals surface area contributed by atoms with Crippen LogP contribution in [-0.2, 0) is 0 Å². The Morgan fingerprint density at radius 2 is 1.30 bits per heavy atom. The van der Waals surface area contributed by atoms with E-state index in [1.807, 2.05) is 0 Å². The van der Waals surface area contributed by atoms with Crippen LogP contribution in [0.5, 0.6) is 0 Å². The molecule has 120 valence electrons. The maximum absolute atomic E-state index is 3.75. The molecule has 1 rings (SSSR count). The fourth-order valence-corrected chi connectivity index (χ4v) is 3.52. The lowest BCUT2D eigenvalue weighted by atomic mass is 9.95. The molecule has 1 N–H and O–H groups in total. The molecule has 1 aliphatic heterocycles. The van der Waals surface area contributed by atoms with Gasteiger partial charge < -0.3 is 5.32 Å². The molecule has 0 saturated carbocycles. The molecule has 1 fully saturated rings. The Balaban J connectivity index is 1.76. The molecule has 1 heterocycles. The Morgan fingerprint density at radius 1 is 0.750 bits per heavy atom. The molecule has 0 bridgehead atoms. The van der Waals surface area contributed by atoms with Gasteiger partial charge in [-0.1, -0.05) is 84.0 Å². The van der Waals surface area contributed by atoms with Crippen molar-refractivity contribution in [3.05, 3.63) is 0 Å². The second-order valence-electron chi connectivity index (χ2n) is 7.02. The van der Waals surface area contributed by atoms with Crippen LogP contribution in [0.15, 0.2) is 0 Å². The Morgan fingerprint density at radius 3 is 1.85 bits per heavy atom. The van der Waals surface area contributed by atoms with E-state index >= 15 is 0 Å². The summed E-state index contributed by atoms with van der Waals surface area (Å²) < 4.78 is 0. The third-order valence-corrected chi connectivity index (χ3v) is 4.87. The summed E-state index contributed by atoms with van der Waals surface area (Å²) in [5.41, 5.74) is 0. The lowest BCUT2D eigenvalue weighted by Crippen LogP contribution is -2.40. The summed E-state index contributed by atoms with van der Waals surface area (Å²) in [5.74, 6) is 0. The van der Waals surface area contributed by atoms with Crippen LogP contribution in [0.4, 0.5) is 0 Å². The van der Waals surface area contributed by atoms with Crippen molar-refractivity contribution < 1.29 is 0 Å². The topological polar surface area (TPSA) is 12.0 Å². The molecule has 0 radical (unpaired) electrons. The molecule has 0 aromatic rings. The molecule has 2 atom stereocenters. The highest BCUT2D eigenvalue weighted by Crippen LogP contribution is 2.18. The first-order valence-electron chi connectivity index (χ1n) is 9.59. The van der Waals surface area contributed by atoms with E-state index in [1.54, 1.807) is 0 Å². The summed E-state index contributed by atoms with van der Waals surface area (Å²) in [7, 11) is 0. The minimum absolute atomic E-state index is 0.765. The molecule has 1 heteroatoms. The SMILES string of the molecule is CCCCCCCCCCCCC[C@H]1CCC[C@H](C)N1. The average molecular weight is 282 g/mol. The lowest BCUT2D eigenvalue weighted by molar-refractivity contribution is 0.314. The Hall–Kier alpha value is -0.0400. The van der Waals surface area contributed by atoms with Crippen LogP contribution in [0.1, 0.15) is 110 Å². The molecule has 0 unspecified atom stereocenters. The predicted molar refractivity (Wildman–Crippen MR) is 91.3 cm³/mol. The molecule has 0 amide bonds. The van der Waals surface area contributed by atoms with Crippen molar-refractivity contribution in [2.75, 3.05) is 0 Å². The van der Waals surface area contributed by atoms with Crippen LogP contribution >= 0.6 is 0 Å². The van der Waals surface area contributed by atoms with Gasteiger partial charge in [0.15, 0.2) is 0 Å². The number of nitrogens with one attached hydrogen (secondary N) is 1. The monoisotopic (exact) mass is 281 g/mol. The standard InChI is InChI=1S/C19H39N/c1-3-4-5-6-7-8-9-10-11-12-13-16-19-17-14-15-18(2)20-19/h18-20H,3-17H2,1-2H3/t18-,19-/m0/s1. The van der Waals surface area contributed by atoms with Gasteiger partial charge in [-0.05, 0) is 26.2 Å². The van der Waals surface area contributed by atoms with Crippen LogP contribution in [0, 0.1) is 0 Å². The fourth-order valence-electron chi connectivity index (χ4n) is 3.52. The molecule has 20 heavy (non-hydrogen) atoms. The third kappa shape index (κ3) is 9.80. The van der Waals surface area contributed by atoms with Crippen LogP contribution in [0.25, 0.3) is 0 Å². The third-order valence-electron chi connectivity index (χ3n) is 4.87. The number of hydrogen-bond acceptors (Lipinski definition) is 1. The van der Waals surface area contributed by atoms with Crippen molar-refractivity contribution >= 4 is 0 Å². The minimum Gasteiger partial charge on any atom is -0.312 e. The summed E-state index contributed by atoms with van der Waals surface area (Å²) in [4.78, 5) is 0. The van der Waals surface area contributed by atoms with Crippen LogP contribution in [0.3, 0.4) is 0 Å². The molecule has 0 aromatic heterocycles. The van der Waals surface area contributed by atoms with Crippen molar-refractivity contribution in [2.24, 2.45) is 0 Å². The summed E-state index contributed by atoms with van der Waals surface area (Å²) in [6.45, 7) is 4.64. The highest BCUT2D eigenvalue weighted by atomic mass is 15.0. The van der Waals surface area contributed by atoms with Crippen LogP contribution in [0.2, 0.25) is 0 Å². The molecular formula is C19H39N. The van der Waals surface area contributed by atoms with Gasteiger partial charge in [0.2, 0.25) is 0 Å². The first-order chi connectivity index (χ1) is 9.83. The van der Waals surface area contributed by atoms with Crippen molar-refractivity contribution in [3.8, 4) is 0 Å². The van der Waals surface area contributed by atoms with Crippen molar-refractivity contribution in [1.82, 2.24) is 5.32 Å². The van der Waals surface area contributed by atoms with E-state index in [9.17, 15) is 0 Å². The summed E-state index contributed by atoms with van der Waals surface area (Å²) >= 11 is 0. The van der Waals surface area contributed by atoms with E-state index < -0.39 is 0 Å². The van der Waals surface area contributed by atoms with E-state index in [1.165, 1.54) is 96.3 Å². The van der Waals surface area contributed by atoms with Crippen molar-refractivity contribution in [2.45, 2.75) is 122 Å². The number of piperidine rings is 1. The molecule has 0 aliphatic carbocycles. The molecule has 1 nitrogen and oxygen atoms in total. The number of hydrogen-bond donors (Lipinski definition) is 1. The minimum atomic E-state index is 0.765. The quantitative estimate of drug-likeness (QED) is 0.419. The molecule has 1 saturated heterocycles. The van der Waals surface area contributed by atoms with Crippen molar-refractivity contribution in [1.29, 1.82) is 0 Å². The van der Waals surface area contributed by atoms with E-state index in [0.717, 1.165) is 12.1 Å². The van der Waals surface area contributed by atoms with Gasteiger partial charge in [-0.3, -0.25) is 0 Å². The fraction of sp³-hybridized carbons (Fsp3) is 1.00. The maximum Gasteiger partial charge on any atom is 0.00695 e. The molecular weight excluding hydrogens is 242 g/mol. The number of unbranched alkanes of at least 4 members (excludes halogenated alkanes) is 10. The zero-order chi connectivity index (χ0) is 14.5. The molecule has 0 spiro atoms. The Labute approximate surface area is 128 Å². The summed E-state index contributed by atoms with van der Waals surface area (Å²) in [6.07, 6.45) is 21.7. The van der Waals surface area contributed by atoms with Crippen molar-refractivity contribution in [3.63, 3.8) is 0 Å². The van der Waals surface area contributed by atoms with Crippen LogP contribution in [-0.4, -0.2) is 12.1 Å². The second kappa shape index (κ2) is 12.7. The van der Waals surface area contributed by atoms with Gasteiger partial charge in [0, 0.05) is 12.1 Å². The summed E-state index contributed by atoms with van der Waals surface area (Å²) in [5, 5.41) is 3.75. The summed E-state index contributed by atoms with van der Waals surface area (Å²) in [6, 6.07) is 1.60. The molecule has 0 aromatic carbocycles. The highest BCUT2D eigenvalue weighted by Gasteiger charge is 2.16. The van der Waals surface area contributed by atoms with Gasteiger partial charge in [-0.25, -0.2) is 0 Å². The maximum atomic E-state index is 3.75. The van der Waals surface area contributed by atoms with E-state index in [0.29, 0.717) is 0 Å². The smallest absolute Gasteiger partial charge is 0.00695 e. The zero-order valence-electron chi connectivity index (χ0n) is 14.3. The van der Waals surface area contributed by atoms with Gasteiger partial charge in [0.05, 0.1) is 0 Å². The average Bonchev–Trinajstić information content (AvgIpc) is 2.45. The van der Waals surface area contributed by atoms with E-state index in [-0.39, 0.29) is 0 Å². The lowest BCUT2D eigenvalue weighted by Gasteiger charge is -2.28. The Bertz CT molecular complexity index is 202. The predicted octanol–water partition coefficient (Wildman–Crippen LogP) is 6.22. The van der Waals surface area contributed by atoms with Gasteiger partial charge >= 0.3 is 0 Å². The van der Waals surface area contributed by atoms with Gasteiger partial charge in [-0.15, -0.1) is 0 Å². The Kier molecular flexibility index (Phi) is 11.4. The van der Waals surface area contributed by atoms with Gasteiger partial charge in [-0.2, -0.15) is 0 Å². The normalized spacial score (nSPS) is 23.1. The zero-order valence-corrected chi connectivity index (χ0v) is 14.3.